The number of urea groups is 1. The molecule has 124 valence electrons. The second-order valence-electron chi connectivity index (χ2n) is 6.54. The Morgan fingerprint density at radius 1 is 1.55 bits per heavy atom. The molecule has 1 aromatic rings. The summed E-state index contributed by atoms with van der Waals surface area (Å²) in [7, 11) is 0. The van der Waals surface area contributed by atoms with Crippen LogP contribution < -0.4 is 5.32 Å². The Bertz CT molecular complexity index is 500. The SMILES string of the molecule is Cc1cc(C)n(CC(C)CNC(=O)N2CCCC(CO)C2)n1. The third kappa shape index (κ3) is 4.47. The molecule has 2 rings (SSSR count). The maximum atomic E-state index is 12.2. The standard InChI is InChI=1S/C16H28N4O2/c1-12(9-20-14(3)7-13(2)18-20)8-17-16(22)19-6-4-5-15(10-19)11-21/h7,12,15,21H,4-6,8-11H2,1-3H3,(H,17,22). The van der Waals surface area contributed by atoms with Crippen LogP contribution in [0.3, 0.4) is 0 Å². The lowest BCUT2D eigenvalue weighted by Gasteiger charge is -2.32. The quantitative estimate of drug-likeness (QED) is 0.867. The van der Waals surface area contributed by atoms with Crippen LogP contribution in [0.2, 0.25) is 0 Å². The summed E-state index contributed by atoms with van der Waals surface area (Å²) in [5, 5.41) is 16.7. The van der Waals surface area contributed by atoms with Gasteiger partial charge in [-0.3, -0.25) is 4.68 Å². The number of aryl methyl sites for hydroxylation is 2. The van der Waals surface area contributed by atoms with E-state index in [2.05, 4.69) is 23.4 Å². The molecule has 0 radical (unpaired) electrons. The molecule has 0 aliphatic carbocycles. The summed E-state index contributed by atoms with van der Waals surface area (Å²) >= 11 is 0. The van der Waals surface area contributed by atoms with Crippen LogP contribution >= 0.6 is 0 Å². The van der Waals surface area contributed by atoms with Crippen LogP contribution in [0.5, 0.6) is 0 Å². The van der Waals surface area contributed by atoms with Crippen molar-refractivity contribution in [3.8, 4) is 0 Å². The van der Waals surface area contributed by atoms with Crippen molar-refractivity contribution < 1.29 is 9.90 Å². The lowest BCUT2D eigenvalue weighted by Crippen LogP contribution is -2.47. The van der Waals surface area contributed by atoms with E-state index in [1.54, 1.807) is 0 Å². The van der Waals surface area contributed by atoms with Crippen molar-refractivity contribution in [2.24, 2.45) is 11.8 Å². The topological polar surface area (TPSA) is 70.4 Å². The minimum atomic E-state index is -0.0154. The van der Waals surface area contributed by atoms with Crippen molar-refractivity contribution in [3.63, 3.8) is 0 Å². The number of aromatic nitrogens is 2. The van der Waals surface area contributed by atoms with Crippen molar-refractivity contribution in [2.75, 3.05) is 26.2 Å². The van der Waals surface area contributed by atoms with E-state index in [9.17, 15) is 9.90 Å². The minimum Gasteiger partial charge on any atom is -0.396 e. The zero-order chi connectivity index (χ0) is 16.1. The van der Waals surface area contributed by atoms with Crippen LogP contribution in [-0.4, -0.2) is 52.1 Å². The summed E-state index contributed by atoms with van der Waals surface area (Å²) in [5.74, 6) is 0.548. The average molecular weight is 308 g/mol. The van der Waals surface area contributed by atoms with Crippen LogP contribution in [0, 0.1) is 25.7 Å². The molecular formula is C16H28N4O2. The Balaban J connectivity index is 1.77. The second-order valence-corrected chi connectivity index (χ2v) is 6.54. The Morgan fingerprint density at radius 3 is 2.95 bits per heavy atom. The van der Waals surface area contributed by atoms with Gasteiger partial charge in [-0.1, -0.05) is 6.92 Å². The first-order chi connectivity index (χ1) is 10.5. The Kier molecular flexibility index (Phi) is 5.83. The third-order valence-corrected chi connectivity index (χ3v) is 4.25. The van der Waals surface area contributed by atoms with Crippen LogP contribution in [0.15, 0.2) is 6.07 Å². The molecule has 1 aliphatic rings. The van der Waals surface area contributed by atoms with Gasteiger partial charge in [0.05, 0.1) is 5.69 Å². The molecule has 0 saturated carbocycles. The van der Waals surface area contributed by atoms with Gasteiger partial charge in [0.1, 0.15) is 0 Å². The second kappa shape index (κ2) is 7.63. The molecule has 2 heterocycles. The van der Waals surface area contributed by atoms with E-state index in [1.165, 1.54) is 0 Å². The number of hydrogen-bond acceptors (Lipinski definition) is 3. The van der Waals surface area contributed by atoms with Gasteiger partial charge >= 0.3 is 6.03 Å². The van der Waals surface area contributed by atoms with Gasteiger partial charge in [-0.05, 0) is 44.6 Å². The zero-order valence-electron chi connectivity index (χ0n) is 13.9. The molecular weight excluding hydrogens is 280 g/mol. The highest BCUT2D eigenvalue weighted by Crippen LogP contribution is 2.15. The smallest absolute Gasteiger partial charge is 0.317 e. The first-order valence-electron chi connectivity index (χ1n) is 8.14. The molecule has 0 spiro atoms. The van der Waals surface area contributed by atoms with E-state index in [0.717, 1.165) is 37.3 Å². The highest BCUT2D eigenvalue weighted by atomic mass is 16.3. The molecule has 0 bridgehead atoms. The maximum absolute atomic E-state index is 12.2. The monoisotopic (exact) mass is 308 g/mol. The fourth-order valence-corrected chi connectivity index (χ4v) is 2.99. The summed E-state index contributed by atoms with van der Waals surface area (Å²) in [6, 6.07) is 2.05. The Labute approximate surface area is 132 Å². The fraction of sp³-hybridized carbons (Fsp3) is 0.750. The van der Waals surface area contributed by atoms with E-state index >= 15 is 0 Å². The van der Waals surface area contributed by atoms with Crippen LogP contribution in [0.4, 0.5) is 4.79 Å². The average Bonchev–Trinajstić information content (AvgIpc) is 2.82. The highest BCUT2D eigenvalue weighted by Gasteiger charge is 2.23. The van der Waals surface area contributed by atoms with Gasteiger partial charge in [-0.15, -0.1) is 0 Å². The zero-order valence-corrected chi connectivity index (χ0v) is 13.9. The van der Waals surface area contributed by atoms with Crippen LogP contribution in [-0.2, 0) is 6.54 Å². The number of hydrogen-bond donors (Lipinski definition) is 2. The molecule has 0 aromatic carbocycles. The molecule has 2 atom stereocenters. The lowest BCUT2D eigenvalue weighted by atomic mass is 9.99. The molecule has 2 N–H and O–H groups in total. The first-order valence-corrected chi connectivity index (χ1v) is 8.14. The van der Waals surface area contributed by atoms with E-state index in [1.807, 2.05) is 23.4 Å². The molecule has 1 fully saturated rings. The van der Waals surface area contributed by atoms with Crippen molar-refractivity contribution in [1.29, 1.82) is 0 Å². The van der Waals surface area contributed by atoms with E-state index in [4.69, 9.17) is 0 Å². The van der Waals surface area contributed by atoms with Crippen LogP contribution in [0.25, 0.3) is 0 Å². The summed E-state index contributed by atoms with van der Waals surface area (Å²) in [6.45, 7) is 9.21. The van der Waals surface area contributed by atoms with Crippen molar-refractivity contribution in [3.05, 3.63) is 17.5 Å². The van der Waals surface area contributed by atoms with Gasteiger partial charge in [0.2, 0.25) is 0 Å². The molecule has 2 amide bonds. The van der Waals surface area contributed by atoms with Gasteiger partial charge < -0.3 is 15.3 Å². The number of likely N-dealkylation sites (tertiary alicyclic amines) is 1. The van der Waals surface area contributed by atoms with Gasteiger partial charge in [0.15, 0.2) is 0 Å². The van der Waals surface area contributed by atoms with Gasteiger partial charge in [0, 0.05) is 38.5 Å². The van der Waals surface area contributed by atoms with E-state index in [-0.39, 0.29) is 18.6 Å². The van der Waals surface area contributed by atoms with E-state index < -0.39 is 0 Å². The Hall–Kier alpha value is -1.56. The minimum absolute atomic E-state index is 0.0154. The molecule has 1 aliphatic heterocycles. The van der Waals surface area contributed by atoms with Gasteiger partial charge in [-0.2, -0.15) is 5.10 Å². The number of nitrogens with zero attached hydrogens (tertiary/aromatic N) is 3. The van der Waals surface area contributed by atoms with Crippen LogP contribution in [0.1, 0.15) is 31.2 Å². The molecule has 1 aromatic heterocycles. The number of piperidine rings is 1. The number of nitrogens with one attached hydrogen (secondary N) is 1. The maximum Gasteiger partial charge on any atom is 0.317 e. The predicted octanol–water partition coefficient (Wildman–Crippen LogP) is 1.55. The number of carbonyl (C=O) groups excluding carboxylic acids is 1. The normalized spacial score (nSPS) is 20.0. The summed E-state index contributed by atoms with van der Waals surface area (Å²) in [4.78, 5) is 14.0. The van der Waals surface area contributed by atoms with Gasteiger partial charge in [-0.25, -0.2) is 4.79 Å². The summed E-state index contributed by atoms with van der Waals surface area (Å²) in [6.07, 6.45) is 1.98. The molecule has 22 heavy (non-hydrogen) atoms. The molecule has 1 saturated heterocycles. The lowest BCUT2D eigenvalue weighted by molar-refractivity contribution is 0.129. The Morgan fingerprint density at radius 2 is 2.32 bits per heavy atom. The number of rotatable bonds is 5. The molecule has 6 heteroatoms. The predicted molar refractivity (Wildman–Crippen MR) is 85.6 cm³/mol. The first kappa shape index (κ1) is 16.8. The van der Waals surface area contributed by atoms with E-state index in [0.29, 0.717) is 19.0 Å². The molecule has 2 unspecified atom stereocenters. The highest BCUT2D eigenvalue weighted by molar-refractivity contribution is 5.74. The summed E-state index contributed by atoms with van der Waals surface area (Å²) < 4.78 is 1.99. The summed E-state index contributed by atoms with van der Waals surface area (Å²) in [5.41, 5.74) is 2.18. The van der Waals surface area contributed by atoms with Gasteiger partial charge in [0.25, 0.3) is 0 Å². The van der Waals surface area contributed by atoms with Crippen molar-refractivity contribution in [2.45, 2.75) is 40.2 Å². The fourth-order valence-electron chi connectivity index (χ4n) is 2.99. The number of aliphatic hydroxyl groups excluding tert-OH is 1. The number of carbonyl (C=O) groups is 1. The molecule has 6 nitrogen and oxygen atoms in total. The number of amides is 2. The van der Waals surface area contributed by atoms with Crippen molar-refractivity contribution >= 4 is 6.03 Å². The largest absolute Gasteiger partial charge is 0.396 e. The van der Waals surface area contributed by atoms with Crippen molar-refractivity contribution in [1.82, 2.24) is 20.0 Å². The third-order valence-electron chi connectivity index (χ3n) is 4.25. The number of aliphatic hydroxyl groups is 1.